The zero-order chi connectivity index (χ0) is 24.1. The summed E-state index contributed by atoms with van der Waals surface area (Å²) in [6, 6.07) is 8.96. The Labute approximate surface area is 188 Å². The molecule has 3 heterocycles. The first kappa shape index (κ1) is 21.6. The molecule has 1 aliphatic heterocycles. The highest BCUT2D eigenvalue weighted by Crippen LogP contribution is 2.44. The van der Waals surface area contributed by atoms with Gasteiger partial charge in [-0.2, -0.15) is 18.3 Å². The Morgan fingerprint density at radius 2 is 1.68 bits per heavy atom. The van der Waals surface area contributed by atoms with Crippen molar-refractivity contribution in [3.8, 4) is 33.9 Å². The molecule has 2 N–H and O–H groups in total. The second-order valence-corrected chi connectivity index (χ2v) is 7.43. The maximum absolute atomic E-state index is 13.4. The molecular formula is C22H14F5N5O2. The number of anilines is 1. The van der Waals surface area contributed by atoms with Crippen LogP contribution >= 0.6 is 0 Å². The van der Waals surface area contributed by atoms with Crippen molar-refractivity contribution in [1.82, 2.24) is 19.7 Å². The van der Waals surface area contributed by atoms with Gasteiger partial charge in [0.15, 0.2) is 11.5 Å². The molecule has 0 radical (unpaired) electrons. The lowest BCUT2D eigenvalue weighted by atomic mass is 10.0. The van der Waals surface area contributed by atoms with Gasteiger partial charge < -0.3 is 15.2 Å². The maximum atomic E-state index is 13.4. The van der Waals surface area contributed by atoms with Gasteiger partial charge >= 0.3 is 12.5 Å². The van der Waals surface area contributed by atoms with E-state index in [9.17, 15) is 22.0 Å². The van der Waals surface area contributed by atoms with Crippen LogP contribution in [0.4, 0.5) is 27.8 Å². The van der Waals surface area contributed by atoms with Crippen LogP contribution in [0.15, 0.2) is 61.2 Å². The van der Waals surface area contributed by atoms with Crippen LogP contribution in [0.2, 0.25) is 0 Å². The van der Waals surface area contributed by atoms with Crippen molar-refractivity contribution in [2.24, 2.45) is 0 Å². The minimum Gasteiger partial charge on any atom is -0.395 e. The van der Waals surface area contributed by atoms with E-state index in [2.05, 4.69) is 24.5 Å². The summed E-state index contributed by atoms with van der Waals surface area (Å²) < 4.78 is 75.6. The normalized spacial score (nSPS) is 14.4. The fraction of sp³-hybridized carbons (Fsp3) is 0.136. The van der Waals surface area contributed by atoms with Crippen molar-refractivity contribution in [2.75, 3.05) is 5.73 Å². The molecular weight excluding hydrogens is 461 g/mol. The first-order valence-corrected chi connectivity index (χ1v) is 9.79. The predicted molar refractivity (Wildman–Crippen MR) is 110 cm³/mol. The van der Waals surface area contributed by atoms with Gasteiger partial charge in [-0.15, -0.1) is 8.78 Å². The van der Waals surface area contributed by atoms with E-state index in [1.807, 2.05) is 0 Å². The molecule has 0 bridgehead atoms. The van der Waals surface area contributed by atoms with Gasteiger partial charge in [0.2, 0.25) is 0 Å². The average molecular weight is 475 g/mol. The highest BCUT2D eigenvalue weighted by molar-refractivity contribution is 5.87. The molecule has 2 aromatic heterocycles. The van der Waals surface area contributed by atoms with Crippen molar-refractivity contribution in [3.63, 3.8) is 0 Å². The fourth-order valence-electron chi connectivity index (χ4n) is 3.57. The molecule has 0 atom stereocenters. The van der Waals surface area contributed by atoms with Crippen LogP contribution in [0.3, 0.4) is 0 Å². The number of hydrogen-bond acceptors (Lipinski definition) is 6. The molecule has 0 aliphatic carbocycles. The van der Waals surface area contributed by atoms with Crippen molar-refractivity contribution < 1.29 is 31.4 Å². The van der Waals surface area contributed by atoms with Gasteiger partial charge in [0.25, 0.3) is 0 Å². The Bertz CT molecular complexity index is 1370. The van der Waals surface area contributed by atoms with E-state index < -0.39 is 18.0 Å². The zero-order valence-corrected chi connectivity index (χ0v) is 17.1. The lowest BCUT2D eigenvalue weighted by Gasteiger charge is -2.10. The lowest BCUT2D eigenvalue weighted by Crippen LogP contribution is -2.25. The smallest absolute Gasteiger partial charge is 0.395 e. The van der Waals surface area contributed by atoms with Gasteiger partial charge in [-0.3, -0.25) is 4.68 Å². The van der Waals surface area contributed by atoms with Crippen LogP contribution in [-0.4, -0.2) is 26.0 Å². The minimum atomic E-state index is -4.41. The summed E-state index contributed by atoms with van der Waals surface area (Å²) in [5.74, 6) is -0.170. The highest BCUT2D eigenvalue weighted by atomic mass is 19.4. The molecule has 0 spiro atoms. The molecule has 0 fully saturated rings. The van der Waals surface area contributed by atoms with Gasteiger partial charge in [0.1, 0.15) is 12.1 Å². The number of fused-ring (bicyclic) bond motifs is 1. The molecule has 1 aliphatic rings. The third-order valence-corrected chi connectivity index (χ3v) is 5.10. The van der Waals surface area contributed by atoms with Crippen molar-refractivity contribution >= 4 is 5.82 Å². The van der Waals surface area contributed by atoms with E-state index in [1.54, 1.807) is 6.20 Å². The van der Waals surface area contributed by atoms with Gasteiger partial charge in [-0.05, 0) is 35.4 Å². The topological polar surface area (TPSA) is 88.1 Å². The van der Waals surface area contributed by atoms with Crippen LogP contribution in [0, 0.1) is 0 Å². The number of rotatable bonds is 4. The molecule has 0 saturated carbocycles. The second-order valence-electron chi connectivity index (χ2n) is 7.43. The number of alkyl halides is 5. The van der Waals surface area contributed by atoms with E-state index in [0.29, 0.717) is 27.9 Å². The molecule has 0 amide bonds. The van der Waals surface area contributed by atoms with E-state index in [1.165, 1.54) is 47.5 Å². The van der Waals surface area contributed by atoms with Crippen LogP contribution in [0.25, 0.3) is 22.4 Å². The maximum Gasteiger partial charge on any atom is 0.586 e. The molecule has 12 heteroatoms. The average Bonchev–Trinajstić information content (AvgIpc) is 3.35. The number of ether oxygens (including phenoxy) is 2. The van der Waals surface area contributed by atoms with Crippen LogP contribution in [0.5, 0.6) is 11.5 Å². The lowest BCUT2D eigenvalue weighted by molar-refractivity contribution is -0.286. The summed E-state index contributed by atoms with van der Waals surface area (Å²) >= 11 is 0. The van der Waals surface area contributed by atoms with Crippen LogP contribution < -0.4 is 15.2 Å². The van der Waals surface area contributed by atoms with Crippen molar-refractivity contribution in [1.29, 1.82) is 0 Å². The van der Waals surface area contributed by atoms with Crippen molar-refractivity contribution in [3.05, 3.63) is 72.3 Å². The molecule has 34 heavy (non-hydrogen) atoms. The Kier molecular flexibility index (Phi) is 4.88. The van der Waals surface area contributed by atoms with Crippen molar-refractivity contribution in [2.45, 2.75) is 19.0 Å². The van der Waals surface area contributed by atoms with Crippen LogP contribution in [0.1, 0.15) is 11.1 Å². The standard InChI is InChI=1S/C22H14F5N5O2/c23-21(24,25)15-4-1-12(2-5-15)9-32-10-14(8-31-32)19-18(20(28)30-11-29-19)13-3-6-16-17(7-13)34-22(26,27)33-16/h1-8,10-11H,9H2,(H2,28,29,30). The number of benzene rings is 2. The van der Waals surface area contributed by atoms with E-state index in [0.717, 1.165) is 12.1 Å². The van der Waals surface area contributed by atoms with E-state index in [4.69, 9.17) is 5.73 Å². The SMILES string of the molecule is Nc1ncnc(-c2cnn(Cc3ccc(C(F)(F)F)cc3)c2)c1-c1ccc2c(c1)OC(F)(F)O2. The third kappa shape index (κ3) is 4.09. The van der Waals surface area contributed by atoms with Gasteiger partial charge in [-0.25, -0.2) is 9.97 Å². The summed E-state index contributed by atoms with van der Waals surface area (Å²) in [5, 5.41) is 4.25. The Morgan fingerprint density at radius 3 is 2.41 bits per heavy atom. The Morgan fingerprint density at radius 1 is 0.941 bits per heavy atom. The highest BCUT2D eigenvalue weighted by Gasteiger charge is 2.43. The summed E-state index contributed by atoms with van der Waals surface area (Å²) in [6.45, 7) is 0.215. The summed E-state index contributed by atoms with van der Waals surface area (Å²) in [4.78, 5) is 8.27. The molecule has 4 aromatic rings. The third-order valence-electron chi connectivity index (χ3n) is 5.10. The molecule has 174 valence electrons. The van der Waals surface area contributed by atoms with E-state index in [-0.39, 0.29) is 23.9 Å². The van der Waals surface area contributed by atoms with E-state index >= 15 is 0 Å². The number of halogens is 5. The summed E-state index contributed by atoms with van der Waals surface area (Å²) in [6.07, 6.45) is -3.77. The largest absolute Gasteiger partial charge is 0.586 e. The summed E-state index contributed by atoms with van der Waals surface area (Å²) in [5.41, 5.74) is 7.68. The molecule has 0 unspecified atom stereocenters. The van der Waals surface area contributed by atoms with Gasteiger partial charge in [-0.1, -0.05) is 18.2 Å². The number of nitrogens with zero attached hydrogens (tertiary/aromatic N) is 4. The number of aromatic nitrogens is 4. The Balaban J connectivity index is 1.45. The minimum absolute atomic E-state index is 0.103. The zero-order valence-electron chi connectivity index (χ0n) is 17.1. The number of nitrogens with two attached hydrogens (primary N) is 1. The summed E-state index contributed by atoms with van der Waals surface area (Å²) in [7, 11) is 0. The monoisotopic (exact) mass is 475 g/mol. The second kappa shape index (κ2) is 7.68. The first-order chi connectivity index (χ1) is 16.1. The molecule has 2 aromatic carbocycles. The molecule has 5 rings (SSSR count). The quantitative estimate of drug-likeness (QED) is 0.419. The first-order valence-electron chi connectivity index (χ1n) is 9.79. The van der Waals surface area contributed by atoms with Gasteiger partial charge in [0, 0.05) is 11.8 Å². The predicted octanol–water partition coefficient (Wildman–Crippen LogP) is 4.98. The molecule has 7 nitrogen and oxygen atoms in total. The fourth-order valence-corrected chi connectivity index (χ4v) is 3.57. The number of hydrogen-bond donors (Lipinski definition) is 1. The Hall–Kier alpha value is -4.22. The van der Waals surface area contributed by atoms with Gasteiger partial charge in [0.05, 0.1) is 29.6 Å². The van der Waals surface area contributed by atoms with Crippen LogP contribution in [-0.2, 0) is 12.7 Å². The molecule has 0 saturated heterocycles. The number of nitrogen functional groups attached to an aromatic ring is 1.